The number of hydrogen-bond acceptors (Lipinski definition) is 7. The number of hydrogen-bond donors (Lipinski definition) is 2. The minimum atomic E-state index is -0.953. The van der Waals surface area contributed by atoms with Crippen LogP contribution in [0.5, 0.6) is 0 Å². The molecule has 0 amide bonds. The van der Waals surface area contributed by atoms with Crippen LogP contribution in [-0.4, -0.2) is 32.7 Å². The predicted octanol–water partition coefficient (Wildman–Crippen LogP) is 1.19. The maximum absolute atomic E-state index is 10.8. The SMILES string of the molecule is Cc1nc(NCCc2ncon2)sc1C(=O)O. The van der Waals surface area contributed by atoms with Crippen LogP contribution in [0.15, 0.2) is 10.9 Å². The van der Waals surface area contributed by atoms with Crippen LogP contribution >= 0.6 is 11.3 Å². The second kappa shape index (κ2) is 4.91. The molecule has 2 rings (SSSR count). The largest absolute Gasteiger partial charge is 0.477 e. The molecule has 0 aliphatic heterocycles. The lowest BCUT2D eigenvalue weighted by molar-refractivity contribution is 0.0701. The molecule has 2 aromatic rings. The molecule has 0 aliphatic rings. The van der Waals surface area contributed by atoms with Gasteiger partial charge in [-0.25, -0.2) is 9.78 Å². The van der Waals surface area contributed by atoms with E-state index < -0.39 is 5.97 Å². The van der Waals surface area contributed by atoms with Crippen molar-refractivity contribution in [3.05, 3.63) is 22.8 Å². The fourth-order valence-corrected chi connectivity index (χ4v) is 2.09. The van der Waals surface area contributed by atoms with E-state index in [9.17, 15) is 4.79 Å². The molecule has 8 heteroatoms. The Bertz CT molecular complexity index is 508. The number of anilines is 1. The van der Waals surface area contributed by atoms with Crippen molar-refractivity contribution in [1.82, 2.24) is 15.1 Å². The molecule has 17 heavy (non-hydrogen) atoms. The van der Waals surface area contributed by atoms with Crippen LogP contribution in [-0.2, 0) is 6.42 Å². The van der Waals surface area contributed by atoms with Gasteiger partial charge in [-0.15, -0.1) is 0 Å². The zero-order chi connectivity index (χ0) is 12.3. The van der Waals surface area contributed by atoms with Gasteiger partial charge < -0.3 is 14.9 Å². The smallest absolute Gasteiger partial charge is 0.347 e. The summed E-state index contributed by atoms with van der Waals surface area (Å²) < 4.78 is 4.59. The van der Waals surface area contributed by atoms with Gasteiger partial charge in [-0.2, -0.15) is 4.98 Å². The zero-order valence-corrected chi connectivity index (χ0v) is 9.82. The van der Waals surface area contributed by atoms with Crippen molar-refractivity contribution >= 4 is 22.4 Å². The molecule has 0 saturated carbocycles. The Kier molecular flexibility index (Phi) is 3.33. The third-order valence-corrected chi connectivity index (χ3v) is 3.13. The summed E-state index contributed by atoms with van der Waals surface area (Å²) in [5.74, 6) is -0.351. The maximum atomic E-state index is 10.8. The third kappa shape index (κ3) is 2.78. The van der Waals surface area contributed by atoms with E-state index in [1.807, 2.05) is 0 Å². The second-order valence-electron chi connectivity index (χ2n) is 3.26. The summed E-state index contributed by atoms with van der Waals surface area (Å²) in [5.41, 5.74) is 0.518. The lowest BCUT2D eigenvalue weighted by atomic mass is 10.4. The summed E-state index contributed by atoms with van der Waals surface area (Å²) in [5, 5.41) is 16.1. The van der Waals surface area contributed by atoms with Crippen LogP contribution in [0.3, 0.4) is 0 Å². The molecular weight excluding hydrogens is 244 g/mol. The standard InChI is InChI=1S/C9H10N4O3S/c1-5-7(8(14)15)17-9(12-5)10-3-2-6-11-4-16-13-6/h4H,2-3H2,1H3,(H,10,12)(H,14,15). The molecule has 2 heterocycles. The Balaban J connectivity index is 1.91. The highest BCUT2D eigenvalue weighted by atomic mass is 32.1. The molecule has 0 atom stereocenters. The van der Waals surface area contributed by atoms with E-state index in [2.05, 4.69) is 25.0 Å². The number of rotatable bonds is 5. The maximum Gasteiger partial charge on any atom is 0.347 e. The summed E-state index contributed by atoms with van der Waals surface area (Å²) in [6.45, 7) is 2.25. The van der Waals surface area contributed by atoms with Crippen LogP contribution in [0.4, 0.5) is 5.13 Å². The van der Waals surface area contributed by atoms with E-state index >= 15 is 0 Å². The minimum absolute atomic E-state index is 0.257. The summed E-state index contributed by atoms with van der Waals surface area (Å²) in [7, 11) is 0. The average Bonchev–Trinajstić information content (AvgIpc) is 2.88. The highest BCUT2D eigenvalue weighted by Crippen LogP contribution is 2.22. The first-order chi connectivity index (χ1) is 8.16. The second-order valence-corrected chi connectivity index (χ2v) is 4.26. The lowest BCUT2D eigenvalue weighted by Crippen LogP contribution is -2.05. The molecule has 0 bridgehead atoms. The van der Waals surface area contributed by atoms with E-state index in [-0.39, 0.29) is 4.88 Å². The number of carbonyl (C=O) groups is 1. The number of thiazole rings is 1. The highest BCUT2D eigenvalue weighted by Gasteiger charge is 2.13. The molecule has 0 aliphatic carbocycles. The highest BCUT2D eigenvalue weighted by molar-refractivity contribution is 7.17. The van der Waals surface area contributed by atoms with Gasteiger partial charge in [-0.1, -0.05) is 16.5 Å². The van der Waals surface area contributed by atoms with Crippen molar-refractivity contribution in [2.24, 2.45) is 0 Å². The van der Waals surface area contributed by atoms with Crippen molar-refractivity contribution in [1.29, 1.82) is 0 Å². The number of nitrogens with zero attached hydrogens (tertiary/aromatic N) is 3. The number of carboxylic acids is 1. The first-order valence-corrected chi connectivity index (χ1v) is 5.68. The Morgan fingerprint density at radius 3 is 3.06 bits per heavy atom. The number of aryl methyl sites for hydroxylation is 1. The normalized spacial score (nSPS) is 10.4. The van der Waals surface area contributed by atoms with Crippen LogP contribution in [0.1, 0.15) is 21.2 Å². The molecule has 90 valence electrons. The molecule has 0 aromatic carbocycles. The molecule has 0 saturated heterocycles. The van der Waals surface area contributed by atoms with Gasteiger partial charge in [0.1, 0.15) is 4.88 Å². The third-order valence-electron chi connectivity index (χ3n) is 2.02. The fourth-order valence-electron chi connectivity index (χ4n) is 1.25. The first kappa shape index (κ1) is 11.5. The zero-order valence-electron chi connectivity index (χ0n) is 9.01. The molecule has 2 aromatic heterocycles. The van der Waals surface area contributed by atoms with Crippen molar-refractivity contribution in [2.45, 2.75) is 13.3 Å². The number of aromatic carboxylic acids is 1. The summed E-state index contributed by atoms with van der Waals surface area (Å²) >= 11 is 1.12. The number of aromatic nitrogens is 3. The van der Waals surface area contributed by atoms with Gasteiger partial charge in [0.05, 0.1) is 5.69 Å². The van der Waals surface area contributed by atoms with E-state index in [4.69, 9.17) is 5.11 Å². The van der Waals surface area contributed by atoms with Crippen molar-refractivity contribution in [3.63, 3.8) is 0 Å². The summed E-state index contributed by atoms with van der Waals surface area (Å²) in [6, 6.07) is 0. The van der Waals surface area contributed by atoms with Gasteiger partial charge in [0, 0.05) is 13.0 Å². The number of carboxylic acid groups (broad SMARTS) is 1. The Labute approximate surface area is 100 Å². The molecule has 2 N–H and O–H groups in total. The molecule has 0 unspecified atom stereocenters. The van der Waals surface area contributed by atoms with Crippen LogP contribution < -0.4 is 5.32 Å². The summed E-state index contributed by atoms with van der Waals surface area (Å²) in [6.07, 6.45) is 1.86. The lowest BCUT2D eigenvalue weighted by Gasteiger charge is -1.98. The molecule has 7 nitrogen and oxygen atoms in total. The van der Waals surface area contributed by atoms with E-state index in [0.29, 0.717) is 29.6 Å². The van der Waals surface area contributed by atoms with Gasteiger partial charge in [-0.05, 0) is 6.92 Å². The topological polar surface area (TPSA) is 101 Å². The van der Waals surface area contributed by atoms with Crippen LogP contribution in [0.25, 0.3) is 0 Å². The van der Waals surface area contributed by atoms with Gasteiger partial charge >= 0.3 is 5.97 Å². The van der Waals surface area contributed by atoms with Gasteiger partial charge in [0.2, 0.25) is 6.39 Å². The average molecular weight is 254 g/mol. The number of nitrogens with one attached hydrogen (secondary N) is 1. The molecular formula is C9H10N4O3S. The molecule has 0 spiro atoms. The first-order valence-electron chi connectivity index (χ1n) is 4.86. The van der Waals surface area contributed by atoms with Crippen molar-refractivity contribution < 1.29 is 14.4 Å². The monoisotopic (exact) mass is 254 g/mol. The minimum Gasteiger partial charge on any atom is -0.477 e. The van der Waals surface area contributed by atoms with Crippen LogP contribution in [0, 0.1) is 6.92 Å². The van der Waals surface area contributed by atoms with Crippen LogP contribution in [0.2, 0.25) is 0 Å². The van der Waals surface area contributed by atoms with E-state index in [0.717, 1.165) is 11.3 Å². The van der Waals surface area contributed by atoms with E-state index in [1.165, 1.54) is 6.39 Å². The van der Waals surface area contributed by atoms with Gasteiger partial charge in [0.25, 0.3) is 0 Å². The fraction of sp³-hybridized carbons (Fsp3) is 0.333. The van der Waals surface area contributed by atoms with E-state index in [1.54, 1.807) is 6.92 Å². The van der Waals surface area contributed by atoms with Crippen molar-refractivity contribution in [2.75, 3.05) is 11.9 Å². The Hall–Kier alpha value is -1.96. The molecule has 0 radical (unpaired) electrons. The van der Waals surface area contributed by atoms with Gasteiger partial charge in [-0.3, -0.25) is 0 Å². The van der Waals surface area contributed by atoms with Gasteiger partial charge in [0.15, 0.2) is 11.0 Å². The predicted molar refractivity (Wildman–Crippen MR) is 60.3 cm³/mol. The quantitative estimate of drug-likeness (QED) is 0.826. The Morgan fingerprint density at radius 1 is 1.65 bits per heavy atom. The summed E-state index contributed by atoms with van der Waals surface area (Å²) in [4.78, 5) is 19.0. The Morgan fingerprint density at radius 2 is 2.47 bits per heavy atom. The molecule has 0 fully saturated rings. The van der Waals surface area contributed by atoms with Crippen molar-refractivity contribution in [3.8, 4) is 0 Å².